The molecule has 0 aromatic heterocycles. The second-order valence-electron chi connectivity index (χ2n) is 1.45. The van der Waals surface area contributed by atoms with Crippen molar-refractivity contribution in [2.75, 3.05) is 12.3 Å². The van der Waals surface area contributed by atoms with Crippen LogP contribution in [0, 0.1) is 0 Å². The molecule has 0 N–H and O–H groups in total. The van der Waals surface area contributed by atoms with E-state index in [1.54, 1.807) is 13.8 Å². The number of hydrogen-bond donors (Lipinski definition) is 0. The third kappa shape index (κ3) is 4.86. The maximum atomic E-state index is 10.4. The van der Waals surface area contributed by atoms with Gasteiger partial charge in [-0.3, -0.25) is 0 Å². The van der Waals surface area contributed by atoms with Gasteiger partial charge in [-0.2, -0.15) is 0 Å². The van der Waals surface area contributed by atoms with Gasteiger partial charge in [-0.05, 0) is 12.3 Å². The van der Waals surface area contributed by atoms with Gasteiger partial charge in [0.2, 0.25) is 0 Å². The minimum atomic E-state index is -2.90. The Hall–Kier alpha value is 0.709. The van der Waals surface area contributed by atoms with Crippen LogP contribution in [0.15, 0.2) is 0 Å². The molecule has 1 radical (unpaired) electrons. The monoisotopic (exact) mass is 176 g/mol. The van der Waals surface area contributed by atoms with Crippen LogP contribution in [0.3, 0.4) is 0 Å². The molecule has 0 aliphatic heterocycles. The molecule has 0 rings (SSSR count). The Bertz CT molecular complexity index is 86.0. The van der Waals surface area contributed by atoms with Crippen LogP contribution < -0.4 is 4.89 Å². The first kappa shape index (κ1) is 11.5. The Morgan fingerprint density at radius 3 is 1.62 bits per heavy atom. The van der Waals surface area contributed by atoms with Crippen molar-refractivity contribution in [1.29, 1.82) is 0 Å². The first-order chi connectivity index (χ1) is 3.12. The SMILES string of the molecule is CCP(=O)([O-])CC.[Mn]. The topological polar surface area (TPSA) is 40.1 Å². The molecule has 4 heteroatoms. The molecule has 0 aromatic rings. The fourth-order valence-electron chi connectivity index (χ4n) is 0.224. The van der Waals surface area contributed by atoms with Crippen molar-refractivity contribution in [2.45, 2.75) is 13.8 Å². The molecule has 0 spiro atoms. The minimum Gasteiger partial charge on any atom is -0.799 e. The van der Waals surface area contributed by atoms with Crippen LogP contribution in [0.25, 0.3) is 0 Å². The maximum absolute atomic E-state index is 10.4. The van der Waals surface area contributed by atoms with Crippen molar-refractivity contribution in [3.63, 3.8) is 0 Å². The van der Waals surface area contributed by atoms with Crippen LogP contribution in [0.4, 0.5) is 0 Å². The molecule has 0 fully saturated rings. The van der Waals surface area contributed by atoms with Gasteiger partial charge in [-0.25, -0.2) is 0 Å². The summed E-state index contributed by atoms with van der Waals surface area (Å²) in [5.74, 6) is 0. The second kappa shape index (κ2) is 4.58. The molecule has 51 valence electrons. The molecule has 0 heterocycles. The summed E-state index contributed by atoms with van der Waals surface area (Å²) in [5, 5.41) is 0. The molecule has 0 saturated carbocycles. The van der Waals surface area contributed by atoms with E-state index in [9.17, 15) is 9.46 Å². The minimum absolute atomic E-state index is 0. The Kier molecular flexibility index (Phi) is 6.58. The fraction of sp³-hybridized carbons (Fsp3) is 1.00. The molecule has 0 amide bonds. The van der Waals surface area contributed by atoms with Crippen LogP contribution >= 0.6 is 7.37 Å². The van der Waals surface area contributed by atoms with E-state index in [0.29, 0.717) is 12.3 Å². The van der Waals surface area contributed by atoms with Gasteiger partial charge in [0.1, 0.15) is 0 Å². The summed E-state index contributed by atoms with van der Waals surface area (Å²) in [6.45, 7) is 3.33. The molecule has 0 aliphatic rings. The van der Waals surface area contributed by atoms with Crippen molar-refractivity contribution in [3.8, 4) is 0 Å². The first-order valence-corrected chi connectivity index (χ1v) is 4.41. The average Bonchev–Trinajstić information content (AvgIpc) is 1.68. The number of hydrogen-bond acceptors (Lipinski definition) is 2. The third-order valence-electron chi connectivity index (χ3n) is 0.964. The van der Waals surface area contributed by atoms with E-state index in [4.69, 9.17) is 0 Å². The van der Waals surface area contributed by atoms with Crippen molar-refractivity contribution < 1.29 is 26.5 Å². The van der Waals surface area contributed by atoms with Crippen molar-refractivity contribution >= 4 is 7.37 Å². The van der Waals surface area contributed by atoms with Crippen molar-refractivity contribution in [2.24, 2.45) is 0 Å². The van der Waals surface area contributed by atoms with E-state index in [-0.39, 0.29) is 17.1 Å². The van der Waals surface area contributed by atoms with Crippen LogP contribution in [0.5, 0.6) is 0 Å². The Morgan fingerprint density at radius 2 is 1.62 bits per heavy atom. The zero-order valence-electron chi connectivity index (χ0n) is 5.06. The van der Waals surface area contributed by atoms with Gasteiger partial charge in [0.05, 0.1) is 0 Å². The molecule has 0 atom stereocenters. The zero-order chi connectivity index (χ0) is 5.91. The quantitative estimate of drug-likeness (QED) is 0.458. The van der Waals surface area contributed by atoms with E-state index >= 15 is 0 Å². The normalized spacial score (nSPS) is 10.4. The maximum Gasteiger partial charge on any atom is 0.0142 e. The van der Waals surface area contributed by atoms with E-state index in [1.807, 2.05) is 0 Å². The summed E-state index contributed by atoms with van der Waals surface area (Å²) in [5.41, 5.74) is 0. The molecule has 2 nitrogen and oxygen atoms in total. The Labute approximate surface area is 60.6 Å². The van der Waals surface area contributed by atoms with Gasteiger partial charge >= 0.3 is 0 Å². The van der Waals surface area contributed by atoms with Crippen LogP contribution in [-0.2, 0) is 21.6 Å². The Balaban J connectivity index is 0. The fourth-order valence-corrected chi connectivity index (χ4v) is 0.671. The molecule has 0 aromatic carbocycles. The first-order valence-electron chi connectivity index (χ1n) is 2.41. The molecule has 0 unspecified atom stereocenters. The van der Waals surface area contributed by atoms with Crippen LogP contribution in [-0.4, -0.2) is 12.3 Å². The van der Waals surface area contributed by atoms with E-state index in [1.165, 1.54) is 0 Å². The molecular formula is C4H10MnO2P-. The molecule has 8 heavy (non-hydrogen) atoms. The van der Waals surface area contributed by atoms with Gasteiger partial charge in [-0.15, -0.1) is 0 Å². The predicted octanol–water partition coefficient (Wildman–Crippen LogP) is 0.662. The van der Waals surface area contributed by atoms with Gasteiger partial charge < -0.3 is 9.46 Å². The van der Waals surface area contributed by atoms with Crippen LogP contribution in [0.2, 0.25) is 0 Å². The van der Waals surface area contributed by atoms with Gasteiger partial charge in [0.25, 0.3) is 0 Å². The summed E-state index contributed by atoms with van der Waals surface area (Å²) >= 11 is 0. The molecule has 0 saturated heterocycles. The summed E-state index contributed by atoms with van der Waals surface area (Å²) < 4.78 is 10.4. The van der Waals surface area contributed by atoms with Gasteiger partial charge in [0, 0.05) is 24.4 Å². The van der Waals surface area contributed by atoms with Crippen molar-refractivity contribution in [1.82, 2.24) is 0 Å². The third-order valence-corrected chi connectivity index (χ3v) is 2.89. The summed E-state index contributed by atoms with van der Waals surface area (Å²) in [4.78, 5) is 10.4. The largest absolute Gasteiger partial charge is 0.799 e. The standard InChI is InChI=1S/C4H11O2P.Mn/c1-3-7(5,6)4-2;/h3-4H2,1-2H3,(H,5,6);/p-1. The predicted molar refractivity (Wildman–Crippen MR) is 28.7 cm³/mol. The zero-order valence-corrected chi connectivity index (χ0v) is 7.13. The molecule has 0 bridgehead atoms. The molecular weight excluding hydrogens is 166 g/mol. The van der Waals surface area contributed by atoms with Gasteiger partial charge in [0.15, 0.2) is 0 Å². The van der Waals surface area contributed by atoms with Crippen LogP contribution in [0.1, 0.15) is 13.8 Å². The second-order valence-corrected chi connectivity index (χ2v) is 4.34. The Morgan fingerprint density at radius 1 is 1.38 bits per heavy atom. The molecule has 0 aliphatic carbocycles. The van der Waals surface area contributed by atoms with E-state index in [2.05, 4.69) is 0 Å². The van der Waals surface area contributed by atoms with Crippen molar-refractivity contribution in [3.05, 3.63) is 0 Å². The van der Waals surface area contributed by atoms with E-state index < -0.39 is 7.37 Å². The summed E-state index contributed by atoms with van der Waals surface area (Å²) in [6, 6.07) is 0. The average molecular weight is 176 g/mol. The summed E-state index contributed by atoms with van der Waals surface area (Å²) in [7, 11) is -2.90. The summed E-state index contributed by atoms with van der Waals surface area (Å²) in [6.07, 6.45) is 0.590. The smallest absolute Gasteiger partial charge is 0.0142 e. The number of rotatable bonds is 2. The van der Waals surface area contributed by atoms with E-state index in [0.717, 1.165) is 0 Å². The van der Waals surface area contributed by atoms with Gasteiger partial charge in [-0.1, -0.05) is 13.8 Å².